The van der Waals surface area contributed by atoms with Gasteiger partial charge in [-0.15, -0.1) is 0 Å². The van der Waals surface area contributed by atoms with Crippen molar-refractivity contribution in [2.75, 3.05) is 6.54 Å². The van der Waals surface area contributed by atoms with Crippen LogP contribution in [0.3, 0.4) is 0 Å². The molecule has 0 bridgehead atoms. The molecule has 0 spiro atoms. The average Bonchev–Trinajstić information content (AvgIpc) is 3.64. The van der Waals surface area contributed by atoms with E-state index in [1.54, 1.807) is 0 Å². The third-order valence-corrected chi connectivity index (χ3v) is 5.87. The highest BCUT2D eigenvalue weighted by Crippen LogP contribution is 2.45. The maximum atomic E-state index is 12.9. The van der Waals surface area contributed by atoms with E-state index in [0.717, 1.165) is 29.5 Å². The molecule has 0 heterocycles. The van der Waals surface area contributed by atoms with Crippen molar-refractivity contribution in [3.63, 3.8) is 0 Å². The van der Waals surface area contributed by atoms with Crippen LogP contribution in [-0.2, 0) is 10.4 Å². The van der Waals surface area contributed by atoms with Crippen LogP contribution in [-0.4, -0.2) is 17.6 Å². The van der Waals surface area contributed by atoms with E-state index in [4.69, 9.17) is 0 Å². The number of aliphatic hydroxyl groups is 1. The van der Waals surface area contributed by atoms with Crippen molar-refractivity contribution in [2.24, 2.45) is 5.92 Å². The number of nitrogens with one attached hydrogen (secondary N) is 1. The highest BCUT2D eigenvalue weighted by Gasteiger charge is 2.45. The first kappa shape index (κ1) is 19.4. The Morgan fingerprint density at radius 2 is 1.34 bits per heavy atom. The Morgan fingerprint density at radius 3 is 1.83 bits per heavy atom. The minimum absolute atomic E-state index is 0.0110. The lowest BCUT2D eigenvalue weighted by molar-refractivity contribution is -0.123. The summed E-state index contributed by atoms with van der Waals surface area (Å²) in [5.74, 6) is 0.157. The molecule has 1 aliphatic carbocycles. The predicted octanol–water partition coefficient (Wildman–Crippen LogP) is 4.62. The topological polar surface area (TPSA) is 49.3 Å². The fourth-order valence-electron chi connectivity index (χ4n) is 4.06. The van der Waals surface area contributed by atoms with E-state index >= 15 is 0 Å². The number of hydrogen-bond donors (Lipinski definition) is 2. The van der Waals surface area contributed by atoms with E-state index in [1.807, 2.05) is 66.7 Å². The number of carbonyl (C=O) groups is 1. The van der Waals surface area contributed by atoms with Crippen molar-refractivity contribution in [3.8, 4) is 0 Å². The summed E-state index contributed by atoms with van der Waals surface area (Å²) in [6.45, 7) is 0.247. The van der Waals surface area contributed by atoms with Crippen LogP contribution < -0.4 is 5.32 Å². The van der Waals surface area contributed by atoms with Gasteiger partial charge in [0.1, 0.15) is 5.60 Å². The van der Waals surface area contributed by atoms with Gasteiger partial charge in [-0.2, -0.15) is 0 Å². The Bertz CT molecular complexity index is 883. The van der Waals surface area contributed by atoms with Crippen LogP contribution in [0.25, 0.3) is 0 Å². The molecule has 1 fully saturated rings. The lowest BCUT2D eigenvalue weighted by atomic mass is 9.87. The lowest BCUT2D eigenvalue weighted by Crippen LogP contribution is -2.42. The smallest absolute Gasteiger partial charge is 0.221 e. The first-order valence-corrected chi connectivity index (χ1v) is 10.3. The molecule has 1 amide bonds. The number of amides is 1. The minimum atomic E-state index is -0.994. The molecule has 4 rings (SSSR count). The van der Waals surface area contributed by atoms with Gasteiger partial charge in [0.25, 0.3) is 0 Å². The second-order valence-corrected chi connectivity index (χ2v) is 7.92. The van der Waals surface area contributed by atoms with Gasteiger partial charge in [0.05, 0.1) is 6.54 Å². The standard InChI is InChI=1S/C26H27NO2/c28-25(27-19-26(29,23-16-17-23)22-14-8-3-9-15-22)18-24(20-10-4-1-5-11-20)21-12-6-2-7-13-21/h1-15,23-24,29H,16-19H2,(H,27,28). The molecule has 3 aromatic rings. The molecule has 0 radical (unpaired) electrons. The second-order valence-electron chi connectivity index (χ2n) is 7.92. The summed E-state index contributed by atoms with van der Waals surface area (Å²) in [6.07, 6.45) is 2.35. The van der Waals surface area contributed by atoms with Gasteiger partial charge in [0.2, 0.25) is 5.91 Å². The van der Waals surface area contributed by atoms with Crippen LogP contribution in [0.1, 0.15) is 41.9 Å². The van der Waals surface area contributed by atoms with Crippen LogP contribution in [0.5, 0.6) is 0 Å². The lowest BCUT2D eigenvalue weighted by Gasteiger charge is -2.29. The highest BCUT2D eigenvalue weighted by atomic mass is 16.3. The monoisotopic (exact) mass is 385 g/mol. The van der Waals surface area contributed by atoms with Gasteiger partial charge in [0.15, 0.2) is 0 Å². The Labute approximate surface area is 172 Å². The van der Waals surface area contributed by atoms with Crippen LogP contribution in [0, 0.1) is 5.92 Å². The van der Waals surface area contributed by atoms with E-state index in [2.05, 4.69) is 29.6 Å². The fourth-order valence-corrected chi connectivity index (χ4v) is 4.06. The molecule has 0 aliphatic heterocycles. The first-order valence-electron chi connectivity index (χ1n) is 10.3. The summed E-state index contributed by atoms with van der Waals surface area (Å²) in [6, 6.07) is 30.0. The second kappa shape index (κ2) is 8.62. The summed E-state index contributed by atoms with van der Waals surface area (Å²) >= 11 is 0. The molecule has 1 saturated carbocycles. The van der Waals surface area contributed by atoms with Gasteiger partial charge >= 0.3 is 0 Å². The first-order chi connectivity index (χ1) is 14.2. The van der Waals surface area contributed by atoms with Gasteiger partial charge in [-0.25, -0.2) is 0 Å². The third-order valence-electron chi connectivity index (χ3n) is 5.87. The molecule has 29 heavy (non-hydrogen) atoms. The van der Waals surface area contributed by atoms with Crippen molar-refractivity contribution < 1.29 is 9.90 Å². The summed E-state index contributed by atoms with van der Waals surface area (Å²) in [7, 11) is 0. The minimum Gasteiger partial charge on any atom is -0.383 e. The number of rotatable bonds is 8. The van der Waals surface area contributed by atoms with Crippen molar-refractivity contribution in [1.29, 1.82) is 0 Å². The molecular formula is C26H27NO2. The Balaban J connectivity index is 1.48. The summed E-state index contributed by atoms with van der Waals surface area (Å²) in [5, 5.41) is 14.3. The highest BCUT2D eigenvalue weighted by molar-refractivity contribution is 5.77. The van der Waals surface area contributed by atoms with Crippen LogP contribution in [0.15, 0.2) is 91.0 Å². The van der Waals surface area contributed by atoms with Crippen LogP contribution in [0.2, 0.25) is 0 Å². The molecule has 0 aromatic heterocycles. The average molecular weight is 386 g/mol. The predicted molar refractivity (Wildman–Crippen MR) is 115 cm³/mol. The Hall–Kier alpha value is -2.91. The SMILES string of the molecule is O=C(CC(c1ccccc1)c1ccccc1)NCC(O)(c1ccccc1)C1CC1. The fraction of sp³-hybridized carbons (Fsp3) is 0.269. The van der Waals surface area contributed by atoms with Gasteiger partial charge < -0.3 is 10.4 Å². The number of benzene rings is 3. The van der Waals surface area contributed by atoms with Crippen molar-refractivity contribution in [1.82, 2.24) is 5.32 Å². The third kappa shape index (κ3) is 4.57. The van der Waals surface area contributed by atoms with E-state index in [1.165, 1.54) is 0 Å². The summed E-state index contributed by atoms with van der Waals surface area (Å²) in [5.41, 5.74) is 2.13. The molecule has 3 aromatic carbocycles. The maximum absolute atomic E-state index is 12.9. The summed E-state index contributed by atoms with van der Waals surface area (Å²) in [4.78, 5) is 12.9. The van der Waals surface area contributed by atoms with E-state index in [0.29, 0.717) is 6.42 Å². The molecule has 1 atom stereocenters. The van der Waals surface area contributed by atoms with Crippen molar-refractivity contribution in [2.45, 2.75) is 30.8 Å². The molecule has 2 N–H and O–H groups in total. The van der Waals surface area contributed by atoms with E-state index in [-0.39, 0.29) is 24.3 Å². The van der Waals surface area contributed by atoms with Gasteiger partial charge in [0, 0.05) is 12.3 Å². The zero-order chi connectivity index (χ0) is 20.1. The maximum Gasteiger partial charge on any atom is 0.221 e. The molecule has 148 valence electrons. The number of hydrogen-bond acceptors (Lipinski definition) is 2. The van der Waals surface area contributed by atoms with Crippen molar-refractivity contribution >= 4 is 5.91 Å². The van der Waals surface area contributed by atoms with E-state index in [9.17, 15) is 9.90 Å². The Kier molecular flexibility index (Phi) is 5.77. The Morgan fingerprint density at radius 1 is 0.862 bits per heavy atom. The molecule has 1 aliphatic rings. The molecular weight excluding hydrogens is 358 g/mol. The molecule has 1 unspecified atom stereocenters. The number of carbonyl (C=O) groups excluding carboxylic acids is 1. The van der Waals surface area contributed by atoms with Crippen LogP contribution >= 0.6 is 0 Å². The molecule has 0 saturated heterocycles. The van der Waals surface area contributed by atoms with Gasteiger partial charge in [-0.1, -0.05) is 91.0 Å². The zero-order valence-corrected chi connectivity index (χ0v) is 16.5. The molecule has 3 heteroatoms. The largest absolute Gasteiger partial charge is 0.383 e. The zero-order valence-electron chi connectivity index (χ0n) is 16.5. The quantitative estimate of drug-likeness (QED) is 0.594. The van der Waals surface area contributed by atoms with E-state index < -0.39 is 5.60 Å². The van der Waals surface area contributed by atoms with Gasteiger partial charge in [-0.3, -0.25) is 4.79 Å². The molecule has 3 nitrogen and oxygen atoms in total. The van der Waals surface area contributed by atoms with Crippen LogP contribution in [0.4, 0.5) is 0 Å². The van der Waals surface area contributed by atoms with Crippen molar-refractivity contribution in [3.05, 3.63) is 108 Å². The normalized spacial score (nSPS) is 15.7. The van der Waals surface area contributed by atoms with Gasteiger partial charge in [-0.05, 0) is 35.4 Å². The summed E-state index contributed by atoms with van der Waals surface area (Å²) < 4.78 is 0.